The minimum Gasteiger partial charge on any atom is -0.344 e. The van der Waals surface area contributed by atoms with Crippen LogP contribution in [0.4, 0.5) is 0 Å². The maximum atomic E-state index is 12.5. The number of amides is 1. The molecule has 0 heterocycles. The highest BCUT2D eigenvalue weighted by Crippen LogP contribution is 2.49. The summed E-state index contributed by atoms with van der Waals surface area (Å²) in [6.45, 7) is 1.59. The van der Waals surface area contributed by atoms with Crippen LogP contribution in [0.3, 0.4) is 0 Å². The molecule has 1 aliphatic carbocycles. The zero-order valence-corrected chi connectivity index (χ0v) is 12.5. The Labute approximate surface area is 117 Å². The molecular weight excluding hydrogens is 292 g/mol. The summed E-state index contributed by atoms with van der Waals surface area (Å²) in [5.74, 6) is 0.250. The molecule has 0 bridgehead atoms. The first-order chi connectivity index (χ1) is 8.60. The first kappa shape index (κ1) is 13.6. The Bertz CT molecular complexity index is 426. The van der Waals surface area contributed by atoms with Crippen molar-refractivity contribution < 1.29 is 4.79 Å². The molecule has 1 aromatic rings. The zero-order chi connectivity index (χ0) is 13.2. The first-order valence-corrected chi connectivity index (χ1v) is 7.06. The maximum absolute atomic E-state index is 12.5. The number of halogens is 1. The molecule has 0 aromatic heterocycles. The number of likely N-dealkylation sites (N-methyl/N-ethyl adjacent to an activating group) is 2. The van der Waals surface area contributed by atoms with Crippen LogP contribution >= 0.6 is 15.9 Å². The Morgan fingerprint density at radius 3 is 2.50 bits per heavy atom. The van der Waals surface area contributed by atoms with Gasteiger partial charge in [-0.2, -0.15) is 0 Å². The molecule has 3 nitrogen and oxygen atoms in total. The Balaban J connectivity index is 2.11. The van der Waals surface area contributed by atoms with Crippen molar-refractivity contribution in [2.75, 3.05) is 27.2 Å². The number of rotatable bonds is 5. The van der Waals surface area contributed by atoms with Gasteiger partial charge in [-0.25, -0.2) is 0 Å². The molecule has 2 rings (SSSR count). The van der Waals surface area contributed by atoms with Crippen molar-refractivity contribution in [3.05, 3.63) is 34.3 Å². The van der Waals surface area contributed by atoms with E-state index in [1.807, 2.05) is 31.1 Å². The van der Waals surface area contributed by atoms with Crippen LogP contribution in [0.1, 0.15) is 18.4 Å². The molecule has 0 unspecified atom stereocenters. The van der Waals surface area contributed by atoms with Crippen LogP contribution in [0.25, 0.3) is 0 Å². The van der Waals surface area contributed by atoms with E-state index in [0.29, 0.717) is 0 Å². The fourth-order valence-electron chi connectivity index (χ4n) is 2.27. The average Bonchev–Trinajstić information content (AvgIpc) is 3.17. The van der Waals surface area contributed by atoms with Gasteiger partial charge in [-0.1, -0.05) is 28.1 Å². The molecule has 1 aromatic carbocycles. The van der Waals surface area contributed by atoms with Crippen LogP contribution in [0.2, 0.25) is 0 Å². The number of carbonyl (C=O) groups excluding carboxylic acids is 1. The lowest BCUT2D eigenvalue weighted by atomic mass is 9.94. The molecule has 0 spiro atoms. The highest BCUT2D eigenvalue weighted by Gasteiger charge is 2.52. The highest BCUT2D eigenvalue weighted by atomic mass is 79.9. The lowest BCUT2D eigenvalue weighted by Gasteiger charge is -2.23. The van der Waals surface area contributed by atoms with E-state index in [9.17, 15) is 4.79 Å². The highest BCUT2D eigenvalue weighted by molar-refractivity contribution is 9.10. The van der Waals surface area contributed by atoms with Gasteiger partial charge in [0.25, 0.3) is 0 Å². The number of benzene rings is 1. The van der Waals surface area contributed by atoms with Crippen LogP contribution in [0.5, 0.6) is 0 Å². The Morgan fingerprint density at radius 1 is 1.39 bits per heavy atom. The average molecular weight is 311 g/mol. The third-order valence-electron chi connectivity index (χ3n) is 3.60. The molecule has 0 radical (unpaired) electrons. The molecule has 0 aliphatic heterocycles. The first-order valence-electron chi connectivity index (χ1n) is 6.26. The standard InChI is InChI=1S/C14H19BrN2O/c1-16-9-10-17(2)13(18)14(7-8-14)11-3-5-12(15)6-4-11/h3-6,16H,7-10H2,1-2H3. The van der Waals surface area contributed by atoms with Crippen LogP contribution in [-0.2, 0) is 10.2 Å². The molecule has 0 saturated heterocycles. The summed E-state index contributed by atoms with van der Waals surface area (Å²) in [5, 5.41) is 3.07. The molecule has 98 valence electrons. The van der Waals surface area contributed by atoms with Gasteiger partial charge in [0.1, 0.15) is 0 Å². The SMILES string of the molecule is CNCCN(C)C(=O)C1(c2ccc(Br)cc2)CC1. The van der Waals surface area contributed by atoms with Crippen molar-refractivity contribution in [1.29, 1.82) is 0 Å². The molecular formula is C14H19BrN2O. The summed E-state index contributed by atoms with van der Waals surface area (Å²) in [4.78, 5) is 14.3. The minimum absolute atomic E-state index is 0.247. The summed E-state index contributed by atoms with van der Waals surface area (Å²) in [6.07, 6.45) is 1.94. The predicted molar refractivity (Wildman–Crippen MR) is 76.6 cm³/mol. The molecule has 18 heavy (non-hydrogen) atoms. The molecule has 1 saturated carbocycles. The second-order valence-corrected chi connectivity index (χ2v) is 5.83. The summed E-state index contributed by atoms with van der Waals surface area (Å²) in [7, 11) is 3.79. The largest absolute Gasteiger partial charge is 0.344 e. The topological polar surface area (TPSA) is 32.3 Å². The molecule has 0 atom stereocenters. The molecule has 1 fully saturated rings. The number of nitrogens with one attached hydrogen (secondary N) is 1. The van der Waals surface area contributed by atoms with Crippen molar-refractivity contribution in [3.8, 4) is 0 Å². The fraction of sp³-hybridized carbons (Fsp3) is 0.500. The second kappa shape index (κ2) is 5.41. The number of carbonyl (C=O) groups is 1. The van der Waals surface area contributed by atoms with Gasteiger partial charge in [0.15, 0.2) is 0 Å². The Morgan fingerprint density at radius 2 is 2.00 bits per heavy atom. The minimum atomic E-state index is -0.247. The normalized spacial score (nSPS) is 16.4. The zero-order valence-electron chi connectivity index (χ0n) is 10.9. The monoisotopic (exact) mass is 310 g/mol. The molecule has 1 aliphatic rings. The predicted octanol–water partition coefficient (Wildman–Crippen LogP) is 2.16. The van der Waals surface area contributed by atoms with E-state index in [0.717, 1.165) is 36.0 Å². The second-order valence-electron chi connectivity index (χ2n) is 4.92. The summed E-state index contributed by atoms with van der Waals surface area (Å²) in [5.41, 5.74) is 0.899. The lowest BCUT2D eigenvalue weighted by Crippen LogP contribution is -2.39. The fourth-order valence-corrected chi connectivity index (χ4v) is 2.53. The quantitative estimate of drug-likeness (QED) is 0.904. The van der Waals surface area contributed by atoms with Crippen LogP contribution in [0, 0.1) is 0 Å². The number of hydrogen-bond donors (Lipinski definition) is 1. The van der Waals surface area contributed by atoms with E-state index >= 15 is 0 Å². The smallest absolute Gasteiger partial charge is 0.233 e. The Hall–Kier alpha value is -0.870. The van der Waals surface area contributed by atoms with Crippen molar-refractivity contribution in [2.24, 2.45) is 0 Å². The van der Waals surface area contributed by atoms with Gasteiger partial charge in [-0.15, -0.1) is 0 Å². The van der Waals surface area contributed by atoms with Gasteiger partial charge in [0.2, 0.25) is 5.91 Å². The van der Waals surface area contributed by atoms with E-state index in [-0.39, 0.29) is 11.3 Å². The summed E-state index contributed by atoms with van der Waals surface area (Å²) >= 11 is 3.43. The van der Waals surface area contributed by atoms with Gasteiger partial charge < -0.3 is 10.2 Å². The van der Waals surface area contributed by atoms with E-state index in [2.05, 4.69) is 33.4 Å². The summed E-state index contributed by atoms with van der Waals surface area (Å²) in [6, 6.07) is 8.13. The van der Waals surface area contributed by atoms with Crippen molar-refractivity contribution in [1.82, 2.24) is 10.2 Å². The molecule has 1 amide bonds. The van der Waals surface area contributed by atoms with Gasteiger partial charge >= 0.3 is 0 Å². The number of nitrogens with zero attached hydrogens (tertiary/aromatic N) is 1. The van der Waals surface area contributed by atoms with Crippen molar-refractivity contribution in [3.63, 3.8) is 0 Å². The summed E-state index contributed by atoms with van der Waals surface area (Å²) < 4.78 is 1.05. The molecule has 1 N–H and O–H groups in total. The van der Waals surface area contributed by atoms with Gasteiger partial charge in [0, 0.05) is 24.6 Å². The van der Waals surface area contributed by atoms with Crippen LogP contribution < -0.4 is 5.32 Å². The van der Waals surface area contributed by atoms with Crippen LogP contribution in [0.15, 0.2) is 28.7 Å². The Kier molecular flexibility index (Phi) is 4.07. The van der Waals surface area contributed by atoms with E-state index in [1.54, 1.807) is 0 Å². The lowest BCUT2D eigenvalue weighted by molar-refractivity contribution is -0.132. The van der Waals surface area contributed by atoms with Gasteiger partial charge in [-0.05, 0) is 37.6 Å². The van der Waals surface area contributed by atoms with Crippen LogP contribution in [-0.4, -0.2) is 38.0 Å². The molecule has 4 heteroatoms. The third kappa shape index (κ3) is 2.59. The maximum Gasteiger partial charge on any atom is 0.233 e. The van der Waals surface area contributed by atoms with Crippen molar-refractivity contribution >= 4 is 21.8 Å². The van der Waals surface area contributed by atoms with E-state index < -0.39 is 0 Å². The third-order valence-corrected chi connectivity index (χ3v) is 4.13. The van der Waals surface area contributed by atoms with Crippen molar-refractivity contribution in [2.45, 2.75) is 18.3 Å². The van der Waals surface area contributed by atoms with E-state index in [4.69, 9.17) is 0 Å². The van der Waals surface area contributed by atoms with E-state index in [1.165, 1.54) is 0 Å². The number of hydrogen-bond acceptors (Lipinski definition) is 2. The van der Waals surface area contributed by atoms with Gasteiger partial charge in [-0.3, -0.25) is 4.79 Å². The van der Waals surface area contributed by atoms with Gasteiger partial charge in [0.05, 0.1) is 5.41 Å².